The number of halogens is 2. The number of rotatable bonds is 9. The van der Waals surface area contributed by atoms with Gasteiger partial charge < -0.3 is 9.26 Å². The summed E-state index contributed by atoms with van der Waals surface area (Å²) in [6.45, 7) is 6.72. The van der Waals surface area contributed by atoms with Crippen LogP contribution in [0.15, 0.2) is 71.6 Å². The predicted octanol–water partition coefficient (Wildman–Crippen LogP) is 6.24. The third kappa shape index (κ3) is 5.29. The summed E-state index contributed by atoms with van der Waals surface area (Å²) in [5.41, 5.74) is 0.105. The second kappa shape index (κ2) is 11.3. The fraction of sp³-hybridized carbons (Fsp3) is 0.250. The van der Waals surface area contributed by atoms with E-state index in [-0.39, 0.29) is 50.6 Å². The van der Waals surface area contributed by atoms with Gasteiger partial charge in [-0.3, -0.25) is 4.57 Å². The van der Waals surface area contributed by atoms with E-state index in [2.05, 4.69) is 0 Å². The van der Waals surface area contributed by atoms with Crippen LogP contribution in [-0.4, -0.2) is 31.6 Å². The number of aromatic nitrogens is 1. The molecule has 1 aromatic heterocycles. The minimum Gasteiger partial charge on any atom is -0.461 e. The van der Waals surface area contributed by atoms with Gasteiger partial charge in [-0.15, -0.1) is 0 Å². The Morgan fingerprint density at radius 3 is 2.33 bits per heavy atom. The summed E-state index contributed by atoms with van der Waals surface area (Å²) in [5.74, 6) is -1.79. The van der Waals surface area contributed by atoms with Gasteiger partial charge in [0, 0.05) is 15.7 Å². The molecule has 1 heterocycles. The zero-order chi connectivity index (χ0) is 28.5. The quantitative estimate of drug-likeness (QED) is 0.169. The Morgan fingerprint density at radius 2 is 1.72 bits per heavy atom. The van der Waals surface area contributed by atoms with Gasteiger partial charge >= 0.3 is 5.97 Å². The molecule has 0 spiro atoms. The van der Waals surface area contributed by atoms with E-state index in [4.69, 9.17) is 20.9 Å². The van der Waals surface area contributed by atoms with Crippen molar-refractivity contribution < 1.29 is 31.4 Å². The Balaban J connectivity index is 2.23. The molecule has 0 amide bonds. The summed E-state index contributed by atoms with van der Waals surface area (Å²) in [4.78, 5) is 13.4. The lowest BCUT2D eigenvalue weighted by Crippen LogP contribution is -2.28. The van der Waals surface area contributed by atoms with Crippen molar-refractivity contribution in [3.63, 3.8) is 0 Å². The molecule has 0 bridgehead atoms. The van der Waals surface area contributed by atoms with Gasteiger partial charge in [0.05, 0.1) is 28.9 Å². The van der Waals surface area contributed by atoms with Gasteiger partial charge in [-0.05, 0) is 73.9 Å². The highest BCUT2D eigenvalue weighted by Crippen LogP contribution is 2.49. The van der Waals surface area contributed by atoms with Crippen LogP contribution >= 0.6 is 19.0 Å². The fourth-order valence-electron chi connectivity index (χ4n) is 4.39. The molecule has 1 unspecified atom stereocenters. The molecule has 0 saturated carbocycles. The van der Waals surface area contributed by atoms with E-state index in [9.17, 15) is 17.6 Å². The molecule has 0 N–H and O–H groups in total. The van der Waals surface area contributed by atoms with E-state index in [1.165, 1.54) is 36.4 Å². The van der Waals surface area contributed by atoms with Crippen LogP contribution in [0.3, 0.4) is 0 Å². The van der Waals surface area contributed by atoms with Crippen molar-refractivity contribution in [3.05, 3.63) is 88.8 Å². The van der Waals surface area contributed by atoms with E-state index in [0.29, 0.717) is 5.56 Å². The summed E-state index contributed by atoms with van der Waals surface area (Å²) in [5, 5.41) is 0.0747. The maximum Gasteiger partial charge on any atom is 0.356 e. The highest BCUT2D eigenvalue weighted by molar-refractivity contribution is 7.90. The third-order valence-electron chi connectivity index (χ3n) is 6.13. The van der Waals surface area contributed by atoms with Crippen molar-refractivity contribution in [1.82, 2.24) is 3.97 Å². The van der Waals surface area contributed by atoms with Crippen LogP contribution in [0.25, 0.3) is 10.9 Å². The second-order valence-electron chi connectivity index (χ2n) is 9.03. The largest absolute Gasteiger partial charge is 0.461 e. The Labute approximate surface area is 232 Å². The van der Waals surface area contributed by atoms with Gasteiger partial charge in [0.15, 0.2) is 5.69 Å². The summed E-state index contributed by atoms with van der Waals surface area (Å²) in [6, 6.07) is 15.8. The number of carbonyl (C=O) groups is 1. The van der Waals surface area contributed by atoms with Crippen molar-refractivity contribution in [2.45, 2.75) is 38.5 Å². The molecule has 1 atom stereocenters. The van der Waals surface area contributed by atoms with Crippen LogP contribution in [0.2, 0.25) is 5.02 Å². The number of fused-ring (bicyclic) bond motifs is 1. The van der Waals surface area contributed by atoms with Gasteiger partial charge in [0.25, 0.3) is 17.4 Å². The zero-order valence-electron chi connectivity index (χ0n) is 21.9. The molecule has 0 aliphatic carbocycles. The Hall–Kier alpha value is -2.97. The van der Waals surface area contributed by atoms with Crippen molar-refractivity contribution in [2.75, 3.05) is 13.2 Å². The van der Waals surface area contributed by atoms with Gasteiger partial charge in [-0.25, -0.2) is 21.6 Å². The van der Waals surface area contributed by atoms with E-state index < -0.39 is 34.9 Å². The van der Waals surface area contributed by atoms with Crippen molar-refractivity contribution in [3.8, 4) is 0 Å². The van der Waals surface area contributed by atoms with E-state index >= 15 is 4.57 Å². The lowest BCUT2D eigenvalue weighted by Gasteiger charge is -2.21. The number of ether oxygens (including phenoxy) is 1. The molecule has 206 valence electrons. The van der Waals surface area contributed by atoms with Crippen LogP contribution in [-0.2, 0) is 23.8 Å². The van der Waals surface area contributed by atoms with Crippen molar-refractivity contribution in [2.24, 2.45) is 0 Å². The summed E-state index contributed by atoms with van der Waals surface area (Å²) in [6.07, 6.45) is 0. The SMILES string of the molecule is CCOC(=O)c1c(P(=O)(OCC)c2cc(F)cc(C(C)C)c2)c2cc(Cl)ccc2n1S(=O)(=O)c1ccccc1. The number of carbonyl (C=O) groups excluding carboxylic acids is 1. The first kappa shape index (κ1) is 29.0. The van der Waals surface area contributed by atoms with Gasteiger partial charge in [0.1, 0.15) is 5.82 Å². The first-order valence-electron chi connectivity index (χ1n) is 12.3. The maximum atomic E-state index is 15.0. The first-order valence-corrected chi connectivity index (χ1v) is 15.8. The molecule has 7 nitrogen and oxygen atoms in total. The molecule has 3 aromatic carbocycles. The van der Waals surface area contributed by atoms with E-state index in [0.717, 1.165) is 10.0 Å². The predicted molar refractivity (Wildman–Crippen MR) is 151 cm³/mol. The third-order valence-corrected chi connectivity index (χ3v) is 10.7. The molecule has 0 aliphatic heterocycles. The molecule has 4 aromatic rings. The number of benzene rings is 3. The van der Waals surface area contributed by atoms with E-state index in [1.807, 2.05) is 13.8 Å². The molecule has 39 heavy (non-hydrogen) atoms. The molecule has 11 heteroatoms. The Bertz CT molecular complexity index is 1700. The minimum absolute atomic E-state index is 0.0188. The molecule has 0 saturated heterocycles. The van der Waals surface area contributed by atoms with Crippen LogP contribution in [0, 0.1) is 5.82 Å². The molecule has 0 fully saturated rings. The lowest BCUT2D eigenvalue weighted by atomic mass is 10.0. The topological polar surface area (TPSA) is 91.7 Å². The fourth-order valence-corrected chi connectivity index (χ4v) is 8.65. The summed E-state index contributed by atoms with van der Waals surface area (Å²) in [7, 11) is -8.74. The van der Waals surface area contributed by atoms with Gasteiger partial charge in [0.2, 0.25) is 0 Å². The first-order chi connectivity index (χ1) is 18.4. The minimum atomic E-state index is -4.42. The smallest absolute Gasteiger partial charge is 0.356 e. The molecule has 4 rings (SSSR count). The molecular formula is C28H28ClFNO6PS. The lowest BCUT2D eigenvalue weighted by molar-refractivity contribution is 0.0520. The molecule has 0 aliphatic rings. The van der Waals surface area contributed by atoms with Crippen molar-refractivity contribution >= 4 is 56.5 Å². The number of hydrogen-bond donors (Lipinski definition) is 0. The number of hydrogen-bond acceptors (Lipinski definition) is 6. The second-order valence-corrected chi connectivity index (χ2v) is 13.6. The Morgan fingerprint density at radius 1 is 1.03 bits per heavy atom. The maximum absolute atomic E-state index is 15.0. The van der Waals surface area contributed by atoms with Crippen LogP contribution in [0.1, 0.15) is 49.7 Å². The summed E-state index contributed by atoms with van der Waals surface area (Å²) >= 11 is 6.32. The normalized spacial score (nSPS) is 13.5. The highest BCUT2D eigenvalue weighted by atomic mass is 35.5. The van der Waals surface area contributed by atoms with E-state index in [1.54, 1.807) is 38.1 Å². The van der Waals surface area contributed by atoms with Crippen molar-refractivity contribution in [1.29, 1.82) is 0 Å². The molecule has 0 radical (unpaired) electrons. The Kier molecular flexibility index (Phi) is 8.38. The molecular weight excluding hydrogens is 564 g/mol. The average molecular weight is 592 g/mol. The monoisotopic (exact) mass is 591 g/mol. The number of nitrogens with zero attached hydrogens (tertiary/aromatic N) is 1. The zero-order valence-corrected chi connectivity index (χ0v) is 24.3. The van der Waals surface area contributed by atoms with Gasteiger partial charge in [-0.2, -0.15) is 0 Å². The average Bonchev–Trinajstić information content (AvgIpc) is 3.25. The van der Waals surface area contributed by atoms with Crippen LogP contribution in [0.5, 0.6) is 0 Å². The van der Waals surface area contributed by atoms with Gasteiger partial charge in [-0.1, -0.05) is 43.6 Å². The van der Waals surface area contributed by atoms with Crippen LogP contribution < -0.4 is 10.6 Å². The van der Waals surface area contributed by atoms with Crippen LogP contribution in [0.4, 0.5) is 4.39 Å². The summed E-state index contributed by atoms with van der Waals surface area (Å²) < 4.78 is 69.9. The number of esters is 1. The highest BCUT2D eigenvalue weighted by Gasteiger charge is 2.42. The standard InChI is InChI=1S/C28H28ClFNO6PS/c1-5-36-28(32)26-27(38(33,37-6-2)22-15-19(18(3)4)14-21(30)17-22)24-16-20(29)12-13-25(24)31(26)39(34,35)23-10-8-7-9-11-23/h7-18H,5-6H2,1-4H3.